The Morgan fingerprint density at radius 3 is 2.47 bits per heavy atom. The maximum Gasteiger partial charge on any atom is 0.417 e. The van der Waals surface area contributed by atoms with Crippen molar-refractivity contribution in [3.8, 4) is 0 Å². The highest BCUT2D eigenvalue weighted by atomic mass is 35.5. The highest BCUT2D eigenvalue weighted by Gasteiger charge is 2.33. The molecule has 2 rings (SSSR count). The van der Waals surface area contributed by atoms with Gasteiger partial charge in [-0.3, -0.25) is 9.52 Å². The van der Waals surface area contributed by atoms with E-state index in [4.69, 9.17) is 23.2 Å². The molecule has 0 aromatic heterocycles. The van der Waals surface area contributed by atoms with Crippen LogP contribution in [0.3, 0.4) is 0 Å². The number of alkyl halides is 3. The average molecular weight is 527 g/mol. The van der Waals surface area contributed by atoms with Crippen LogP contribution in [0.4, 0.5) is 18.9 Å². The number of hydrogen-bond acceptors (Lipinski definition) is 4. The van der Waals surface area contributed by atoms with E-state index in [1.54, 1.807) is 26.2 Å². The first-order valence-electron chi connectivity index (χ1n) is 8.95. The lowest BCUT2D eigenvalue weighted by atomic mass is 10.1. The SMILES string of the molecule is CN(C)C(=O)CSc1ccc(Cl)cc1NS(=O)(=O)CC=Cc1ccc(Cl)c(C(F)(F)F)c1. The Morgan fingerprint density at radius 2 is 1.84 bits per heavy atom. The second kappa shape index (κ2) is 10.8. The van der Waals surface area contributed by atoms with E-state index in [9.17, 15) is 26.4 Å². The first-order valence-corrected chi connectivity index (χ1v) is 12.3. The number of halogens is 5. The summed E-state index contributed by atoms with van der Waals surface area (Å²) >= 11 is 12.7. The minimum absolute atomic E-state index is 0.0986. The first kappa shape index (κ1) is 26.4. The van der Waals surface area contributed by atoms with Crippen molar-refractivity contribution in [2.24, 2.45) is 0 Å². The molecular formula is C20H19Cl2F3N2O3S2. The second-order valence-corrected chi connectivity index (χ2v) is 10.4. The predicted molar refractivity (Wildman–Crippen MR) is 124 cm³/mol. The Morgan fingerprint density at radius 1 is 1.16 bits per heavy atom. The summed E-state index contributed by atoms with van der Waals surface area (Å²) in [6.07, 6.45) is -2.14. The fourth-order valence-corrected chi connectivity index (χ4v) is 4.73. The topological polar surface area (TPSA) is 66.5 Å². The van der Waals surface area contributed by atoms with Gasteiger partial charge in [-0.2, -0.15) is 13.2 Å². The molecule has 0 aliphatic heterocycles. The van der Waals surface area contributed by atoms with E-state index < -0.39 is 32.5 Å². The Labute approximate surface area is 198 Å². The van der Waals surface area contributed by atoms with Crippen molar-refractivity contribution in [2.75, 3.05) is 30.3 Å². The quantitative estimate of drug-likeness (QED) is 0.451. The molecule has 0 spiro atoms. The van der Waals surface area contributed by atoms with Crippen LogP contribution in [-0.4, -0.2) is 44.8 Å². The molecule has 12 heteroatoms. The number of anilines is 1. The zero-order valence-corrected chi connectivity index (χ0v) is 20.1. The smallest absolute Gasteiger partial charge is 0.348 e. The number of hydrogen-bond donors (Lipinski definition) is 1. The van der Waals surface area contributed by atoms with Crippen molar-refractivity contribution in [3.05, 3.63) is 63.6 Å². The van der Waals surface area contributed by atoms with E-state index in [2.05, 4.69) is 4.72 Å². The first-order chi connectivity index (χ1) is 14.8. The van der Waals surface area contributed by atoms with E-state index in [0.29, 0.717) is 9.92 Å². The highest BCUT2D eigenvalue weighted by Crippen LogP contribution is 2.35. The van der Waals surface area contributed by atoms with Crippen molar-refractivity contribution >= 4 is 62.7 Å². The molecule has 0 heterocycles. The van der Waals surface area contributed by atoms with Gasteiger partial charge in [0.1, 0.15) is 0 Å². The van der Waals surface area contributed by atoms with Gasteiger partial charge in [0.15, 0.2) is 0 Å². The zero-order chi connectivity index (χ0) is 24.1. The summed E-state index contributed by atoms with van der Waals surface area (Å²) in [6.45, 7) is 0. The number of thioether (sulfide) groups is 1. The lowest BCUT2D eigenvalue weighted by molar-refractivity contribution is -0.137. The Hall–Kier alpha value is -1.88. The van der Waals surface area contributed by atoms with Crippen LogP contribution in [0, 0.1) is 0 Å². The average Bonchev–Trinajstić information content (AvgIpc) is 2.67. The molecule has 1 N–H and O–H groups in total. The summed E-state index contributed by atoms with van der Waals surface area (Å²) < 4.78 is 66.3. The summed E-state index contributed by atoms with van der Waals surface area (Å²) in [5.41, 5.74) is -0.651. The molecule has 0 radical (unpaired) electrons. The van der Waals surface area contributed by atoms with Crippen molar-refractivity contribution < 1.29 is 26.4 Å². The fourth-order valence-electron chi connectivity index (χ4n) is 2.36. The molecule has 0 fully saturated rings. The Kier molecular flexibility index (Phi) is 8.92. The van der Waals surface area contributed by atoms with Gasteiger partial charge in [0.2, 0.25) is 15.9 Å². The van der Waals surface area contributed by atoms with Crippen LogP contribution in [0.25, 0.3) is 6.08 Å². The van der Waals surface area contributed by atoms with Gasteiger partial charge in [0.25, 0.3) is 0 Å². The molecule has 0 bridgehead atoms. The van der Waals surface area contributed by atoms with E-state index in [0.717, 1.165) is 23.9 Å². The van der Waals surface area contributed by atoms with Crippen LogP contribution < -0.4 is 4.72 Å². The van der Waals surface area contributed by atoms with Crippen LogP contribution in [0.5, 0.6) is 0 Å². The molecule has 2 aromatic carbocycles. The summed E-state index contributed by atoms with van der Waals surface area (Å²) in [4.78, 5) is 13.7. The molecule has 0 aliphatic rings. The van der Waals surface area contributed by atoms with Crippen LogP contribution >= 0.6 is 35.0 Å². The third kappa shape index (κ3) is 7.91. The summed E-state index contributed by atoms with van der Waals surface area (Å²) in [6, 6.07) is 7.87. The Balaban J connectivity index is 2.14. The number of nitrogens with one attached hydrogen (secondary N) is 1. The fraction of sp³-hybridized carbons (Fsp3) is 0.250. The maximum atomic E-state index is 13.0. The molecule has 32 heavy (non-hydrogen) atoms. The number of carbonyl (C=O) groups excluding carboxylic acids is 1. The van der Waals surface area contributed by atoms with Gasteiger partial charge >= 0.3 is 6.18 Å². The summed E-state index contributed by atoms with van der Waals surface area (Å²) in [5, 5.41) is -0.148. The van der Waals surface area contributed by atoms with Crippen molar-refractivity contribution in [3.63, 3.8) is 0 Å². The van der Waals surface area contributed by atoms with Crippen molar-refractivity contribution in [1.82, 2.24) is 4.90 Å². The number of nitrogens with zero attached hydrogens (tertiary/aromatic N) is 1. The van der Waals surface area contributed by atoms with Crippen LogP contribution in [-0.2, 0) is 21.0 Å². The van der Waals surface area contributed by atoms with E-state index in [1.807, 2.05) is 0 Å². The minimum Gasteiger partial charge on any atom is -0.348 e. The highest BCUT2D eigenvalue weighted by molar-refractivity contribution is 8.00. The molecule has 174 valence electrons. The second-order valence-electron chi connectivity index (χ2n) is 6.74. The monoisotopic (exact) mass is 526 g/mol. The molecule has 2 aromatic rings. The number of rotatable bonds is 8. The minimum atomic E-state index is -4.62. The third-order valence-corrected chi connectivity index (χ3v) is 6.76. The van der Waals surface area contributed by atoms with Crippen molar-refractivity contribution in [1.29, 1.82) is 0 Å². The molecule has 5 nitrogen and oxygen atoms in total. The van der Waals surface area contributed by atoms with Crippen LogP contribution in [0.1, 0.15) is 11.1 Å². The largest absolute Gasteiger partial charge is 0.417 e. The van der Waals surface area contributed by atoms with E-state index >= 15 is 0 Å². The molecule has 0 unspecified atom stereocenters. The molecule has 0 atom stereocenters. The number of carbonyl (C=O) groups is 1. The lowest BCUT2D eigenvalue weighted by Crippen LogP contribution is -2.23. The predicted octanol–water partition coefficient (Wildman–Crippen LogP) is 5.65. The molecule has 0 saturated carbocycles. The molecular weight excluding hydrogens is 508 g/mol. The lowest BCUT2D eigenvalue weighted by Gasteiger charge is -2.14. The molecule has 0 saturated heterocycles. The number of sulfonamides is 1. The van der Waals surface area contributed by atoms with Gasteiger partial charge in [0.05, 0.1) is 27.8 Å². The van der Waals surface area contributed by atoms with E-state index in [1.165, 1.54) is 29.2 Å². The summed E-state index contributed by atoms with van der Waals surface area (Å²) in [7, 11) is -0.678. The summed E-state index contributed by atoms with van der Waals surface area (Å²) in [5.74, 6) is -0.547. The standard InChI is InChI=1S/C20H19Cl2F3N2O3S2/c1-27(2)19(28)12-31-18-8-6-14(21)11-17(18)26-32(29,30)9-3-4-13-5-7-16(22)15(10-13)20(23,24)25/h3-8,10-11,26H,9,12H2,1-2H3. The van der Waals surface area contributed by atoms with Gasteiger partial charge in [-0.25, -0.2) is 8.42 Å². The third-order valence-electron chi connectivity index (χ3n) is 3.98. The van der Waals surface area contributed by atoms with Gasteiger partial charge in [0, 0.05) is 24.0 Å². The van der Waals surface area contributed by atoms with Gasteiger partial charge in [-0.1, -0.05) is 41.4 Å². The van der Waals surface area contributed by atoms with Gasteiger partial charge in [-0.05, 0) is 35.9 Å². The molecule has 0 aliphatic carbocycles. The normalized spacial score (nSPS) is 12.2. The van der Waals surface area contributed by atoms with Crippen LogP contribution in [0.15, 0.2) is 47.4 Å². The van der Waals surface area contributed by atoms with Crippen LogP contribution in [0.2, 0.25) is 10.0 Å². The number of benzene rings is 2. The van der Waals surface area contributed by atoms with Gasteiger partial charge in [-0.15, -0.1) is 11.8 Å². The molecule has 1 amide bonds. The van der Waals surface area contributed by atoms with Crippen molar-refractivity contribution in [2.45, 2.75) is 11.1 Å². The van der Waals surface area contributed by atoms with Gasteiger partial charge < -0.3 is 4.90 Å². The maximum absolute atomic E-state index is 13.0. The number of amides is 1. The Bertz CT molecular complexity index is 1120. The van der Waals surface area contributed by atoms with E-state index in [-0.39, 0.29) is 22.9 Å². The zero-order valence-electron chi connectivity index (χ0n) is 16.9.